The third kappa shape index (κ3) is 7.11. The Kier molecular flexibility index (Phi) is 8.02. The summed E-state index contributed by atoms with van der Waals surface area (Å²) in [7, 11) is -2.20. The molecule has 2 rings (SSSR count). The molecular weight excluding hydrogens is 394 g/mol. The van der Waals surface area contributed by atoms with Crippen molar-refractivity contribution in [2.24, 2.45) is 5.10 Å². The number of carbonyl (C=O) groups is 1. The van der Waals surface area contributed by atoms with Crippen molar-refractivity contribution in [1.82, 2.24) is 5.43 Å². The Labute approximate surface area is 171 Å². The van der Waals surface area contributed by atoms with E-state index in [0.717, 1.165) is 28.3 Å². The minimum atomic E-state index is -3.68. The van der Waals surface area contributed by atoms with Crippen molar-refractivity contribution in [3.05, 3.63) is 54.1 Å². The average molecular weight is 420 g/mol. The number of benzene rings is 2. The summed E-state index contributed by atoms with van der Waals surface area (Å²) in [5.74, 6) is 0.674. The topological polar surface area (TPSA) is 97.3 Å². The molecule has 0 heterocycles. The van der Waals surface area contributed by atoms with Gasteiger partial charge in [-0.15, -0.1) is 0 Å². The number of rotatable bonds is 10. The maximum atomic E-state index is 12.2. The van der Waals surface area contributed by atoms with Gasteiger partial charge in [-0.25, -0.2) is 13.8 Å². The lowest BCUT2D eigenvalue weighted by molar-refractivity contribution is -0.119. The van der Waals surface area contributed by atoms with Crippen LogP contribution in [-0.4, -0.2) is 47.1 Å². The summed E-state index contributed by atoms with van der Waals surface area (Å²) in [6.45, 7) is 2.27. The van der Waals surface area contributed by atoms with E-state index in [4.69, 9.17) is 9.47 Å². The molecule has 0 spiro atoms. The zero-order valence-corrected chi connectivity index (χ0v) is 17.5. The fraction of sp³-hybridized carbons (Fsp3) is 0.300. The Balaban J connectivity index is 2.00. The highest BCUT2D eigenvalue weighted by Gasteiger charge is 2.21. The van der Waals surface area contributed by atoms with E-state index in [1.54, 1.807) is 36.4 Å². The van der Waals surface area contributed by atoms with Crippen molar-refractivity contribution < 1.29 is 22.7 Å². The minimum absolute atomic E-state index is 0.327. The van der Waals surface area contributed by atoms with E-state index in [2.05, 4.69) is 10.5 Å². The molecule has 0 radical (unpaired) electrons. The highest BCUT2D eigenvalue weighted by atomic mass is 32.2. The lowest BCUT2D eigenvalue weighted by Crippen LogP contribution is -2.39. The van der Waals surface area contributed by atoms with E-state index in [1.165, 1.54) is 13.3 Å². The van der Waals surface area contributed by atoms with E-state index >= 15 is 0 Å². The second-order valence-corrected chi connectivity index (χ2v) is 8.09. The summed E-state index contributed by atoms with van der Waals surface area (Å²) in [6.07, 6.45) is 3.43. The number of ether oxygens (including phenoxy) is 2. The van der Waals surface area contributed by atoms with Gasteiger partial charge < -0.3 is 9.47 Å². The lowest BCUT2D eigenvalue weighted by atomic mass is 10.2. The van der Waals surface area contributed by atoms with Crippen LogP contribution in [-0.2, 0) is 14.8 Å². The highest BCUT2D eigenvalue weighted by Crippen LogP contribution is 2.22. The Hall–Kier alpha value is -3.07. The molecule has 0 aromatic heterocycles. The molecule has 156 valence electrons. The number of methoxy groups -OCH3 is 1. The summed E-state index contributed by atoms with van der Waals surface area (Å²) >= 11 is 0. The third-order valence-electron chi connectivity index (χ3n) is 3.78. The van der Waals surface area contributed by atoms with Crippen molar-refractivity contribution in [2.75, 3.05) is 30.8 Å². The highest BCUT2D eigenvalue weighted by molar-refractivity contribution is 7.92. The number of nitrogens with zero attached hydrogens (tertiary/aromatic N) is 2. The quantitative estimate of drug-likeness (QED) is 0.471. The number of anilines is 1. The van der Waals surface area contributed by atoms with Crippen LogP contribution in [0.25, 0.3) is 0 Å². The molecule has 0 aliphatic carbocycles. The van der Waals surface area contributed by atoms with Crippen LogP contribution in [0.5, 0.6) is 11.5 Å². The molecule has 0 aliphatic rings. The molecule has 0 bridgehead atoms. The summed E-state index contributed by atoms with van der Waals surface area (Å²) in [5.41, 5.74) is 3.44. The number of amides is 1. The van der Waals surface area contributed by atoms with Crippen molar-refractivity contribution >= 4 is 27.8 Å². The van der Waals surface area contributed by atoms with Gasteiger partial charge in [0.25, 0.3) is 5.91 Å². The van der Waals surface area contributed by atoms with Crippen LogP contribution in [0.15, 0.2) is 53.6 Å². The summed E-state index contributed by atoms with van der Waals surface area (Å²) < 4.78 is 35.8. The molecule has 0 atom stereocenters. The van der Waals surface area contributed by atoms with Crippen LogP contribution in [0.1, 0.15) is 18.9 Å². The Morgan fingerprint density at radius 3 is 2.52 bits per heavy atom. The maximum absolute atomic E-state index is 12.2. The van der Waals surface area contributed by atoms with Crippen LogP contribution in [0.2, 0.25) is 0 Å². The predicted molar refractivity (Wildman–Crippen MR) is 113 cm³/mol. The number of hydrogen-bond acceptors (Lipinski definition) is 6. The molecule has 0 fully saturated rings. The van der Waals surface area contributed by atoms with Gasteiger partial charge in [0.05, 0.1) is 31.9 Å². The first-order valence-corrected chi connectivity index (χ1v) is 10.8. The van der Waals surface area contributed by atoms with Crippen LogP contribution in [0, 0.1) is 0 Å². The van der Waals surface area contributed by atoms with Gasteiger partial charge in [0, 0.05) is 6.07 Å². The SMILES string of the molecule is CCCOc1ccc(/C=N\NC(=O)CN(c2cccc(OC)c2)S(C)(=O)=O)cc1. The summed E-state index contributed by atoms with van der Waals surface area (Å²) in [6, 6.07) is 13.7. The van der Waals surface area contributed by atoms with Gasteiger partial charge in [-0.2, -0.15) is 5.10 Å². The molecule has 2 aromatic rings. The molecular formula is C20H25N3O5S. The molecule has 29 heavy (non-hydrogen) atoms. The van der Waals surface area contributed by atoms with E-state index in [9.17, 15) is 13.2 Å². The van der Waals surface area contributed by atoms with Crippen LogP contribution >= 0.6 is 0 Å². The van der Waals surface area contributed by atoms with Crippen LogP contribution in [0.4, 0.5) is 5.69 Å². The average Bonchev–Trinajstić information content (AvgIpc) is 2.70. The number of carbonyl (C=O) groups excluding carboxylic acids is 1. The van der Waals surface area contributed by atoms with Gasteiger partial charge in [0.2, 0.25) is 10.0 Å². The van der Waals surface area contributed by atoms with Gasteiger partial charge in [0.1, 0.15) is 18.0 Å². The normalized spacial score (nSPS) is 11.3. The van der Waals surface area contributed by atoms with Gasteiger partial charge in [0.15, 0.2) is 0 Å². The molecule has 0 saturated carbocycles. The smallest absolute Gasteiger partial charge is 0.260 e. The summed E-state index contributed by atoms with van der Waals surface area (Å²) in [5, 5.41) is 3.88. The molecule has 0 unspecified atom stereocenters. The van der Waals surface area contributed by atoms with E-state index in [0.29, 0.717) is 18.0 Å². The maximum Gasteiger partial charge on any atom is 0.260 e. The van der Waals surface area contributed by atoms with Crippen molar-refractivity contribution in [1.29, 1.82) is 0 Å². The number of sulfonamides is 1. The third-order valence-corrected chi connectivity index (χ3v) is 4.93. The second-order valence-electron chi connectivity index (χ2n) is 6.18. The monoisotopic (exact) mass is 419 g/mol. The van der Waals surface area contributed by atoms with E-state index in [1.807, 2.05) is 19.1 Å². The molecule has 0 saturated heterocycles. The zero-order chi connectivity index (χ0) is 21.3. The molecule has 8 nitrogen and oxygen atoms in total. The molecule has 1 amide bonds. The fourth-order valence-corrected chi connectivity index (χ4v) is 3.23. The second kappa shape index (κ2) is 10.5. The first-order valence-electron chi connectivity index (χ1n) is 9.00. The first-order chi connectivity index (χ1) is 13.8. The lowest BCUT2D eigenvalue weighted by Gasteiger charge is -2.21. The predicted octanol–water partition coefficient (Wildman–Crippen LogP) is 2.40. The van der Waals surface area contributed by atoms with Crippen molar-refractivity contribution in [3.63, 3.8) is 0 Å². The number of hydrazone groups is 1. The van der Waals surface area contributed by atoms with E-state index in [-0.39, 0.29) is 0 Å². The standard InChI is InChI=1S/C20H25N3O5S/c1-4-12-28-18-10-8-16(9-11-18)14-21-22-20(24)15-23(29(3,25)26)17-6-5-7-19(13-17)27-2/h5-11,13-14H,4,12,15H2,1-3H3,(H,22,24)/b21-14-. The van der Waals surface area contributed by atoms with E-state index < -0.39 is 22.5 Å². The Morgan fingerprint density at radius 1 is 1.17 bits per heavy atom. The fourth-order valence-electron chi connectivity index (χ4n) is 2.38. The number of hydrogen-bond donors (Lipinski definition) is 1. The van der Waals surface area contributed by atoms with Crippen molar-refractivity contribution in [3.8, 4) is 11.5 Å². The molecule has 2 aromatic carbocycles. The van der Waals surface area contributed by atoms with Gasteiger partial charge in [-0.3, -0.25) is 9.10 Å². The van der Waals surface area contributed by atoms with Crippen LogP contribution in [0.3, 0.4) is 0 Å². The zero-order valence-electron chi connectivity index (χ0n) is 16.7. The molecule has 1 N–H and O–H groups in total. The summed E-state index contributed by atoms with van der Waals surface area (Å²) in [4.78, 5) is 12.2. The first kappa shape index (κ1) is 22.2. The minimum Gasteiger partial charge on any atom is -0.497 e. The van der Waals surface area contributed by atoms with Crippen molar-refractivity contribution in [2.45, 2.75) is 13.3 Å². The Morgan fingerprint density at radius 2 is 1.90 bits per heavy atom. The number of nitrogens with one attached hydrogen (secondary N) is 1. The molecule has 0 aliphatic heterocycles. The molecule has 9 heteroatoms. The van der Waals surface area contributed by atoms with Gasteiger partial charge in [-0.05, 0) is 48.4 Å². The van der Waals surface area contributed by atoms with Gasteiger partial charge >= 0.3 is 0 Å². The Bertz CT molecular complexity index is 943. The van der Waals surface area contributed by atoms with Crippen LogP contribution < -0.4 is 19.2 Å². The van der Waals surface area contributed by atoms with Gasteiger partial charge in [-0.1, -0.05) is 13.0 Å². The largest absolute Gasteiger partial charge is 0.497 e.